The van der Waals surface area contributed by atoms with Crippen LogP contribution < -0.4 is 10.7 Å². The van der Waals surface area contributed by atoms with E-state index in [1.54, 1.807) is 0 Å². The van der Waals surface area contributed by atoms with E-state index in [4.69, 9.17) is 23.2 Å². The first-order valence-corrected chi connectivity index (χ1v) is 7.46. The van der Waals surface area contributed by atoms with Gasteiger partial charge in [0.1, 0.15) is 0 Å². The third-order valence-corrected chi connectivity index (χ3v) is 3.61. The van der Waals surface area contributed by atoms with Crippen LogP contribution >= 0.6 is 23.2 Å². The monoisotopic (exact) mass is 380 g/mol. The number of nitrogens with one attached hydrogen (secondary N) is 2. The van der Waals surface area contributed by atoms with E-state index in [2.05, 4.69) is 10.4 Å². The average molecular weight is 381 g/mol. The number of nitro benzene ring substituents is 1. The van der Waals surface area contributed by atoms with Crippen molar-refractivity contribution >= 4 is 52.6 Å². The molecule has 10 heteroatoms. The molecule has 0 aromatic heterocycles. The summed E-state index contributed by atoms with van der Waals surface area (Å²) in [6.07, 6.45) is 1.24. The standard InChI is InChI=1S/C15H10Cl2N4O4/c16-12-6-3-10(7-13(12)17)19-14(22)15(23)20-18-8-9-1-4-11(5-2-9)21(24)25/h1-8H,(H,19,22)(H,20,23)/b18-8+. The molecule has 0 aliphatic rings. The fourth-order valence-electron chi connectivity index (χ4n) is 1.66. The quantitative estimate of drug-likeness (QED) is 0.367. The molecule has 0 atom stereocenters. The van der Waals surface area contributed by atoms with E-state index in [-0.39, 0.29) is 10.7 Å². The number of anilines is 1. The maximum absolute atomic E-state index is 11.7. The lowest BCUT2D eigenvalue weighted by atomic mass is 10.2. The molecule has 2 aromatic rings. The van der Waals surface area contributed by atoms with Crippen LogP contribution in [0.1, 0.15) is 5.56 Å². The highest BCUT2D eigenvalue weighted by atomic mass is 35.5. The highest BCUT2D eigenvalue weighted by Gasteiger charge is 2.13. The van der Waals surface area contributed by atoms with Crippen LogP contribution in [0.2, 0.25) is 10.0 Å². The number of hydrogen-bond acceptors (Lipinski definition) is 5. The van der Waals surface area contributed by atoms with Gasteiger partial charge in [-0.1, -0.05) is 23.2 Å². The number of non-ortho nitro benzene ring substituents is 1. The lowest BCUT2D eigenvalue weighted by Crippen LogP contribution is -2.32. The minimum atomic E-state index is -0.996. The zero-order valence-corrected chi connectivity index (χ0v) is 13.9. The Kier molecular flexibility index (Phi) is 6.04. The number of hydrogen-bond donors (Lipinski definition) is 2. The van der Waals surface area contributed by atoms with Crippen molar-refractivity contribution in [2.24, 2.45) is 5.10 Å². The lowest BCUT2D eigenvalue weighted by Gasteiger charge is -2.05. The molecular weight excluding hydrogens is 371 g/mol. The van der Waals surface area contributed by atoms with E-state index in [9.17, 15) is 19.7 Å². The largest absolute Gasteiger partial charge is 0.329 e. The molecule has 8 nitrogen and oxygen atoms in total. The molecule has 0 aliphatic heterocycles. The molecule has 0 saturated carbocycles. The summed E-state index contributed by atoms with van der Waals surface area (Å²) in [5.41, 5.74) is 2.78. The number of carbonyl (C=O) groups excluding carboxylic acids is 2. The Morgan fingerprint density at radius 3 is 2.32 bits per heavy atom. The Bertz CT molecular complexity index is 853. The van der Waals surface area contributed by atoms with Crippen molar-refractivity contribution in [3.8, 4) is 0 Å². The third-order valence-electron chi connectivity index (χ3n) is 2.87. The van der Waals surface area contributed by atoms with Gasteiger partial charge in [-0.2, -0.15) is 5.10 Å². The van der Waals surface area contributed by atoms with Gasteiger partial charge in [-0.25, -0.2) is 5.43 Å². The number of benzene rings is 2. The van der Waals surface area contributed by atoms with Crippen LogP contribution in [0.25, 0.3) is 0 Å². The molecule has 0 fully saturated rings. The van der Waals surface area contributed by atoms with E-state index >= 15 is 0 Å². The number of hydrazone groups is 1. The van der Waals surface area contributed by atoms with Gasteiger partial charge >= 0.3 is 11.8 Å². The van der Waals surface area contributed by atoms with E-state index in [0.29, 0.717) is 16.3 Å². The van der Waals surface area contributed by atoms with E-state index in [1.165, 1.54) is 48.7 Å². The molecule has 0 spiro atoms. The summed E-state index contributed by atoms with van der Waals surface area (Å²) >= 11 is 11.6. The second-order valence-electron chi connectivity index (χ2n) is 4.63. The van der Waals surface area contributed by atoms with Crippen LogP contribution in [-0.2, 0) is 9.59 Å². The Labute approximate surface area is 151 Å². The number of halogens is 2. The molecule has 0 unspecified atom stereocenters. The summed E-state index contributed by atoms with van der Waals surface area (Å²) in [6.45, 7) is 0. The van der Waals surface area contributed by atoms with Crippen molar-refractivity contribution in [2.75, 3.05) is 5.32 Å². The van der Waals surface area contributed by atoms with Crippen LogP contribution in [0.3, 0.4) is 0 Å². The van der Waals surface area contributed by atoms with Crippen molar-refractivity contribution in [2.45, 2.75) is 0 Å². The first-order chi connectivity index (χ1) is 11.9. The SMILES string of the molecule is O=C(N/N=C/c1ccc([N+](=O)[O-])cc1)C(=O)Nc1ccc(Cl)c(Cl)c1. The third kappa shape index (κ3) is 5.27. The van der Waals surface area contributed by atoms with Crippen molar-refractivity contribution in [1.29, 1.82) is 0 Å². The molecule has 0 saturated heterocycles. The molecule has 0 aliphatic carbocycles. The molecule has 25 heavy (non-hydrogen) atoms. The number of nitrogens with zero attached hydrogens (tertiary/aromatic N) is 2. The van der Waals surface area contributed by atoms with Crippen LogP contribution in [0.5, 0.6) is 0 Å². The van der Waals surface area contributed by atoms with E-state index in [0.717, 1.165) is 0 Å². The second kappa shape index (κ2) is 8.22. The van der Waals surface area contributed by atoms with Gasteiger partial charge in [0.05, 0.1) is 21.2 Å². The first-order valence-electron chi connectivity index (χ1n) is 6.70. The zero-order chi connectivity index (χ0) is 18.4. The number of nitro groups is 1. The maximum Gasteiger partial charge on any atom is 0.329 e. The van der Waals surface area contributed by atoms with Gasteiger partial charge < -0.3 is 5.32 Å². The van der Waals surface area contributed by atoms with Crippen LogP contribution in [0, 0.1) is 10.1 Å². The normalized spacial score (nSPS) is 10.5. The highest BCUT2D eigenvalue weighted by Crippen LogP contribution is 2.24. The fourth-order valence-corrected chi connectivity index (χ4v) is 1.96. The summed E-state index contributed by atoms with van der Waals surface area (Å²) in [4.78, 5) is 33.4. The molecule has 128 valence electrons. The number of carbonyl (C=O) groups is 2. The zero-order valence-electron chi connectivity index (χ0n) is 12.4. The first kappa shape index (κ1) is 18.4. The topological polar surface area (TPSA) is 114 Å². The molecule has 0 heterocycles. The molecule has 2 amide bonds. The van der Waals surface area contributed by atoms with Gasteiger partial charge in [-0.15, -0.1) is 0 Å². The average Bonchev–Trinajstić information content (AvgIpc) is 2.58. The molecule has 0 radical (unpaired) electrons. The van der Waals surface area contributed by atoms with Gasteiger partial charge in [0.2, 0.25) is 0 Å². The minimum absolute atomic E-state index is 0.0674. The van der Waals surface area contributed by atoms with Crippen molar-refractivity contribution in [3.63, 3.8) is 0 Å². The van der Waals surface area contributed by atoms with Crippen molar-refractivity contribution in [1.82, 2.24) is 5.43 Å². The highest BCUT2D eigenvalue weighted by molar-refractivity contribution is 6.42. The Morgan fingerprint density at radius 1 is 1.04 bits per heavy atom. The Hall–Kier alpha value is -2.97. The van der Waals surface area contributed by atoms with Gasteiger partial charge in [0, 0.05) is 17.8 Å². The Balaban J connectivity index is 1.91. The molecule has 2 aromatic carbocycles. The fraction of sp³-hybridized carbons (Fsp3) is 0. The van der Waals surface area contributed by atoms with Gasteiger partial charge in [-0.3, -0.25) is 19.7 Å². The lowest BCUT2D eigenvalue weighted by molar-refractivity contribution is -0.384. The molecule has 2 N–H and O–H groups in total. The smallest absolute Gasteiger partial charge is 0.318 e. The molecular formula is C15H10Cl2N4O4. The summed E-state index contributed by atoms with van der Waals surface area (Å²) < 4.78 is 0. The predicted molar refractivity (Wildman–Crippen MR) is 93.9 cm³/mol. The molecule has 2 rings (SSSR count). The second-order valence-corrected chi connectivity index (χ2v) is 5.45. The summed E-state index contributed by atoms with van der Waals surface area (Å²) in [5.74, 6) is -1.94. The van der Waals surface area contributed by atoms with Gasteiger partial charge in [0.15, 0.2) is 0 Å². The van der Waals surface area contributed by atoms with Gasteiger partial charge in [-0.05, 0) is 35.9 Å². The Morgan fingerprint density at radius 2 is 1.72 bits per heavy atom. The molecule has 0 bridgehead atoms. The van der Waals surface area contributed by atoms with Gasteiger partial charge in [0.25, 0.3) is 5.69 Å². The number of rotatable bonds is 4. The van der Waals surface area contributed by atoms with E-state index < -0.39 is 16.7 Å². The van der Waals surface area contributed by atoms with E-state index in [1.807, 2.05) is 5.43 Å². The van der Waals surface area contributed by atoms with Crippen LogP contribution in [-0.4, -0.2) is 23.0 Å². The predicted octanol–water partition coefficient (Wildman–Crippen LogP) is 2.99. The van der Waals surface area contributed by atoms with Crippen LogP contribution in [0.15, 0.2) is 47.6 Å². The van der Waals surface area contributed by atoms with Crippen molar-refractivity contribution < 1.29 is 14.5 Å². The maximum atomic E-state index is 11.7. The number of amides is 2. The summed E-state index contributed by atoms with van der Waals surface area (Å²) in [7, 11) is 0. The summed E-state index contributed by atoms with van der Waals surface area (Å²) in [6, 6.07) is 9.84. The minimum Gasteiger partial charge on any atom is -0.318 e. The van der Waals surface area contributed by atoms with Crippen molar-refractivity contribution in [3.05, 3.63) is 68.2 Å². The summed E-state index contributed by atoms with van der Waals surface area (Å²) in [5, 5.41) is 17.0. The van der Waals surface area contributed by atoms with Crippen LogP contribution in [0.4, 0.5) is 11.4 Å².